The number of nitrogens with zero attached hydrogens (tertiary/aromatic N) is 2. The third kappa shape index (κ3) is 6.23. The molecule has 3 N–H and O–H groups in total. The van der Waals surface area contributed by atoms with E-state index in [9.17, 15) is 0 Å². The molecule has 6 nitrogen and oxygen atoms in total. The summed E-state index contributed by atoms with van der Waals surface area (Å²) in [7, 11) is 1.61. The fourth-order valence-corrected chi connectivity index (χ4v) is 1.92. The Bertz CT molecular complexity index is 660. The smallest absolute Gasteiger partial charge is 0.213 e. The van der Waals surface area contributed by atoms with Gasteiger partial charge in [0.05, 0.1) is 25.4 Å². The molecule has 24 heavy (non-hydrogen) atoms. The number of guanidine groups is 1. The standard InChI is InChI=1S/C17H22N4O2.HI/c1-12(2)23-16-9-8-13(10-19-16)11-20-17(18)21-14-6-4-5-7-15(14)22-3;/h4-10,12H,11H2,1-3H3,(H3,18,20,21);1H. The van der Waals surface area contributed by atoms with Gasteiger partial charge in [-0.3, -0.25) is 0 Å². The van der Waals surface area contributed by atoms with Crippen LogP contribution >= 0.6 is 24.0 Å². The molecule has 0 bridgehead atoms. The molecule has 2 aromatic rings. The fraction of sp³-hybridized carbons (Fsp3) is 0.294. The number of aromatic nitrogens is 1. The van der Waals surface area contributed by atoms with Gasteiger partial charge in [-0.1, -0.05) is 18.2 Å². The molecule has 0 amide bonds. The van der Waals surface area contributed by atoms with Crippen molar-refractivity contribution in [2.75, 3.05) is 12.4 Å². The molecule has 0 aliphatic rings. The van der Waals surface area contributed by atoms with Crippen molar-refractivity contribution in [3.8, 4) is 11.6 Å². The molecule has 2 rings (SSSR count). The lowest BCUT2D eigenvalue weighted by Crippen LogP contribution is -2.22. The van der Waals surface area contributed by atoms with E-state index in [1.807, 2.05) is 50.2 Å². The van der Waals surface area contributed by atoms with Gasteiger partial charge in [-0.15, -0.1) is 24.0 Å². The highest BCUT2D eigenvalue weighted by Gasteiger charge is 2.03. The average Bonchev–Trinajstić information content (AvgIpc) is 2.54. The molecule has 0 fully saturated rings. The number of anilines is 1. The Kier molecular flexibility index (Phi) is 8.31. The molecule has 0 saturated heterocycles. The van der Waals surface area contributed by atoms with Crippen LogP contribution in [0, 0.1) is 0 Å². The number of hydrogen-bond acceptors (Lipinski definition) is 4. The summed E-state index contributed by atoms with van der Waals surface area (Å²) in [5.41, 5.74) is 7.63. The number of rotatable bonds is 6. The second kappa shape index (κ2) is 9.96. The SMILES string of the molecule is COc1ccccc1NC(N)=NCc1ccc(OC(C)C)nc1.I. The molecule has 0 unspecified atom stereocenters. The number of benzene rings is 1. The Hall–Kier alpha value is -2.03. The van der Waals surface area contributed by atoms with Crippen LogP contribution in [0.1, 0.15) is 19.4 Å². The zero-order chi connectivity index (χ0) is 16.7. The number of aliphatic imine (C=N–C) groups is 1. The third-order valence-corrected chi connectivity index (χ3v) is 2.96. The van der Waals surface area contributed by atoms with E-state index in [4.69, 9.17) is 15.2 Å². The maximum atomic E-state index is 5.91. The van der Waals surface area contributed by atoms with Gasteiger partial charge in [0.15, 0.2) is 5.96 Å². The normalized spacial score (nSPS) is 10.9. The van der Waals surface area contributed by atoms with Crippen LogP contribution in [-0.2, 0) is 6.54 Å². The van der Waals surface area contributed by atoms with Crippen molar-refractivity contribution in [1.29, 1.82) is 0 Å². The molecule has 0 atom stereocenters. The predicted octanol–water partition coefficient (Wildman–Crippen LogP) is 3.42. The first kappa shape index (κ1) is 20.0. The minimum atomic E-state index is 0. The summed E-state index contributed by atoms with van der Waals surface area (Å²) < 4.78 is 10.8. The molecule has 130 valence electrons. The van der Waals surface area contributed by atoms with E-state index in [2.05, 4.69) is 15.3 Å². The highest BCUT2D eigenvalue weighted by molar-refractivity contribution is 14.0. The van der Waals surface area contributed by atoms with Gasteiger partial charge in [0.2, 0.25) is 5.88 Å². The Morgan fingerprint density at radius 3 is 2.62 bits per heavy atom. The van der Waals surface area contributed by atoms with Crippen molar-refractivity contribution in [2.45, 2.75) is 26.5 Å². The number of pyridine rings is 1. The molecular weight excluding hydrogens is 419 g/mol. The Labute approximate surface area is 159 Å². The average molecular weight is 442 g/mol. The third-order valence-electron chi connectivity index (χ3n) is 2.96. The van der Waals surface area contributed by atoms with E-state index in [1.54, 1.807) is 13.3 Å². The van der Waals surface area contributed by atoms with Gasteiger partial charge >= 0.3 is 0 Å². The molecule has 1 aromatic carbocycles. The van der Waals surface area contributed by atoms with Crippen LogP contribution in [-0.4, -0.2) is 24.2 Å². The molecule has 7 heteroatoms. The predicted molar refractivity (Wildman–Crippen MR) is 107 cm³/mol. The minimum Gasteiger partial charge on any atom is -0.495 e. The molecule has 0 aliphatic heterocycles. The first-order valence-corrected chi connectivity index (χ1v) is 7.40. The minimum absolute atomic E-state index is 0. The fourth-order valence-electron chi connectivity index (χ4n) is 1.92. The van der Waals surface area contributed by atoms with Crippen LogP contribution in [0.3, 0.4) is 0 Å². The lowest BCUT2D eigenvalue weighted by molar-refractivity contribution is 0.232. The van der Waals surface area contributed by atoms with Crippen molar-refractivity contribution < 1.29 is 9.47 Å². The molecular formula is C17H23IN4O2. The maximum Gasteiger partial charge on any atom is 0.213 e. The molecule has 0 saturated carbocycles. The molecule has 0 radical (unpaired) electrons. The van der Waals surface area contributed by atoms with Gasteiger partial charge in [0.1, 0.15) is 5.75 Å². The van der Waals surface area contributed by atoms with E-state index in [1.165, 1.54) is 0 Å². The van der Waals surface area contributed by atoms with E-state index in [0.717, 1.165) is 11.3 Å². The summed E-state index contributed by atoms with van der Waals surface area (Å²) in [5, 5.41) is 3.03. The summed E-state index contributed by atoms with van der Waals surface area (Å²) in [6.45, 7) is 4.36. The Morgan fingerprint density at radius 1 is 1.25 bits per heavy atom. The van der Waals surface area contributed by atoms with Crippen LogP contribution in [0.5, 0.6) is 11.6 Å². The van der Waals surface area contributed by atoms with Crippen LogP contribution < -0.4 is 20.5 Å². The number of para-hydroxylation sites is 2. The Morgan fingerprint density at radius 2 is 2.00 bits per heavy atom. The first-order chi connectivity index (χ1) is 11.1. The molecule has 1 heterocycles. The molecule has 0 aliphatic carbocycles. The van der Waals surface area contributed by atoms with Gasteiger partial charge in [0, 0.05) is 12.3 Å². The maximum absolute atomic E-state index is 5.91. The summed E-state index contributed by atoms with van der Waals surface area (Å²) in [6.07, 6.45) is 1.84. The first-order valence-electron chi connectivity index (χ1n) is 7.40. The van der Waals surface area contributed by atoms with Crippen molar-refractivity contribution in [1.82, 2.24) is 4.98 Å². The molecule has 1 aromatic heterocycles. The van der Waals surface area contributed by atoms with Crippen molar-refractivity contribution in [3.63, 3.8) is 0 Å². The van der Waals surface area contributed by atoms with E-state index >= 15 is 0 Å². The Balaban J connectivity index is 0.00000288. The number of hydrogen-bond donors (Lipinski definition) is 2. The summed E-state index contributed by atoms with van der Waals surface area (Å²) in [6, 6.07) is 11.3. The monoisotopic (exact) mass is 442 g/mol. The van der Waals surface area contributed by atoms with E-state index in [0.29, 0.717) is 24.1 Å². The van der Waals surface area contributed by atoms with Gasteiger partial charge in [-0.05, 0) is 31.5 Å². The van der Waals surface area contributed by atoms with Crippen molar-refractivity contribution in [3.05, 3.63) is 48.2 Å². The second-order valence-electron chi connectivity index (χ2n) is 5.20. The summed E-state index contributed by atoms with van der Waals surface area (Å²) >= 11 is 0. The quantitative estimate of drug-likeness (QED) is 0.407. The largest absolute Gasteiger partial charge is 0.495 e. The lowest BCUT2D eigenvalue weighted by atomic mass is 10.3. The molecule has 0 spiro atoms. The summed E-state index contributed by atoms with van der Waals surface area (Å²) in [5.74, 6) is 1.63. The van der Waals surface area contributed by atoms with Crippen LogP contribution in [0.2, 0.25) is 0 Å². The number of halogens is 1. The van der Waals surface area contributed by atoms with Gasteiger partial charge in [0.25, 0.3) is 0 Å². The highest BCUT2D eigenvalue weighted by Crippen LogP contribution is 2.22. The van der Waals surface area contributed by atoms with E-state index < -0.39 is 0 Å². The zero-order valence-electron chi connectivity index (χ0n) is 14.0. The van der Waals surface area contributed by atoms with Gasteiger partial charge in [-0.25, -0.2) is 9.98 Å². The number of methoxy groups -OCH3 is 1. The number of nitrogens with one attached hydrogen (secondary N) is 1. The topological polar surface area (TPSA) is 81.8 Å². The van der Waals surface area contributed by atoms with E-state index in [-0.39, 0.29) is 30.1 Å². The lowest BCUT2D eigenvalue weighted by Gasteiger charge is -2.10. The zero-order valence-corrected chi connectivity index (χ0v) is 16.4. The number of nitrogens with two attached hydrogens (primary N) is 1. The van der Waals surface area contributed by atoms with Gasteiger partial charge < -0.3 is 20.5 Å². The summed E-state index contributed by atoms with van der Waals surface area (Å²) in [4.78, 5) is 8.54. The van der Waals surface area contributed by atoms with Crippen LogP contribution in [0.4, 0.5) is 5.69 Å². The van der Waals surface area contributed by atoms with Gasteiger partial charge in [-0.2, -0.15) is 0 Å². The highest BCUT2D eigenvalue weighted by atomic mass is 127. The number of ether oxygens (including phenoxy) is 2. The second-order valence-corrected chi connectivity index (χ2v) is 5.20. The van der Waals surface area contributed by atoms with Crippen molar-refractivity contribution in [2.24, 2.45) is 10.7 Å². The van der Waals surface area contributed by atoms with Crippen LogP contribution in [0.15, 0.2) is 47.6 Å². The van der Waals surface area contributed by atoms with Crippen LogP contribution in [0.25, 0.3) is 0 Å². The van der Waals surface area contributed by atoms with Crippen molar-refractivity contribution >= 4 is 35.6 Å².